The van der Waals surface area contributed by atoms with Gasteiger partial charge in [0.05, 0.1) is 10.4 Å². The number of nitrogens with zero attached hydrogens (tertiary/aromatic N) is 3. The number of pyridine rings is 1. The molecular weight excluding hydrogens is 522 g/mol. The standard InChI is InChI=1S/C28H27N3O5S2/c1-28(2,3)36-27(33)31-24(18-37-26(31)19-10-9-15-29-16-19)25(32)22-17-30(23-14-8-7-13-21(22)23)38(34,35)20-11-5-4-6-12-20/h4-17,24,26H,18H2,1-3H3. The largest absolute Gasteiger partial charge is 0.444 e. The molecule has 1 aliphatic rings. The second kappa shape index (κ2) is 9.92. The number of hydrogen-bond donors (Lipinski definition) is 0. The molecule has 0 radical (unpaired) electrons. The molecule has 2 aromatic heterocycles. The summed E-state index contributed by atoms with van der Waals surface area (Å²) in [7, 11) is -3.96. The third-order valence-corrected chi connectivity index (χ3v) is 9.13. The topological polar surface area (TPSA) is 98.6 Å². The van der Waals surface area contributed by atoms with E-state index in [1.165, 1.54) is 35.0 Å². The highest BCUT2D eigenvalue weighted by atomic mass is 32.2. The van der Waals surface area contributed by atoms with Gasteiger partial charge in [-0.1, -0.05) is 42.5 Å². The van der Waals surface area contributed by atoms with Crippen LogP contribution in [0.15, 0.2) is 90.2 Å². The van der Waals surface area contributed by atoms with E-state index in [1.54, 1.807) is 81.7 Å². The summed E-state index contributed by atoms with van der Waals surface area (Å²) in [5.41, 5.74) is 0.619. The Balaban J connectivity index is 1.59. The molecule has 1 aliphatic heterocycles. The van der Waals surface area contributed by atoms with Gasteiger partial charge in [0.1, 0.15) is 17.0 Å². The average Bonchev–Trinajstić information content (AvgIpc) is 3.52. The molecule has 10 heteroatoms. The van der Waals surface area contributed by atoms with Gasteiger partial charge in [-0.15, -0.1) is 11.8 Å². The predicted octanol–water partition coefficient (Wildman–Crippen LogP) is 5.51. The average molecular weight is 550 g/mol. The molecule has 3 heterocycles. The Morgan fingerprint density at radius 3 is 2.39 bits per heavy atom. The van der Waals surface area contributed by atoms with E-state index in [4.69, 9.17) is 4.74 Å². The Morgan fingerprint density at radius 2 is 1.71 bits per heavy atom. The maximum atomic E-state index is 14.1. The van der Waals surface area contributed by atoms with Crippen LogP contribution >= 0.6 is 11.8 Å². The van der Waals surface area contributed by atoms with Gasteiger partial charge in [0, 0.05) is 40.9 Å². The van der Waals surface area contributed by atoms with Crippen LogP contribution in [0.5, 0.6) is 0 Å². The summed E-state index contributed by atoms with van der Waals surface area (Å²) in [5, 5.41) is 0.0184. The molecule has 196 valence electrons. The first kappa shape index (κ1) is 26.0. The zero-order chi connectivity index (χ0) is 27.1. The molecule has 8 nitrogen and oxygen atoms in total. The van der Waals surface area contributed by atoms with Crippen molar-refractivity contribution in [3.05, 3.63) is 96.4 Å². The maximum Gasteiger partial charge on any atom is 0.412 e. The summed E-state index contributed by atoms with van der Waals surface area (Å²) in [6.07, 6.45) is 4.06. The molecule has 2 atom stereocenters. The van der Waals surface area contributed by atoms with E-state index in [9.17, 15) is 18.0 Å². The summed E-state index contributed by atoms with van der Waals surface area (Å²) in [5.74, 6) is -0.0317. The molecular formula is C28H27N3O5S2. The van der Waals surface area contributed by atoms with Crippen LogP contribution in [-0.4, -0.2) is 51.5 Å². The number of para-hydroxylation sites is 1. The molecule has 0 saturated carbocycles. The lowest BCUT2D eigenvalue weighted by molar-refractivity contribution is 0.0173. The molecule has 0 aliphatic carbocycles. The molecule has 0 bridgehead atoms. The van der Waals surface area contributed by atoms with Crippen LogP contribution in [0.3, 0.4) is 0 Å². The number of fused-ring (bicyclic) bond motifs is 1. The van der Waals surface area contributed by atoms with Crippen molar-refractivity contribution in [1.29, 1.82) is 0 Å². The summed E-state index contributed by atoms with van der Waals surface area (Å²) < 4.78 is 33.9. The Hall–Kier alpha value is -3.63. The molecule has 2 unspecified atom stereocenters. The summed E-state index contributed by atoms with van der Waals surface area (Å²) in [6, 6.07) is 17.7. The second-order valence-electron chi connectivity index (χ2n) is 9.91. The monoisotopic (exact) mass is 549 g/mol. The molecule has 1 fully saturated rings. The van der Waals surface area contributed by atoms with E-state index >= 15 is 0 Å². The van der Waals surface area contributed by atoms with Gasteiger partial charge in [-0.25, -0.2) is 17.2 Å². The van der Waals surface area contributed by atoms with E-state index in [1.807, 2.05) is 6.07 Å². The van der Waals surface area contributed by atoms with E-state index in [0.717, 1.165) is 9.54 Å². The Morgan fingerprint density at radius 1 is 1.00 bits per heavy atom. The predicted molar refractivity (Wildman–Crippen MR) is 147 cm³/mol. The number of carbonyl (C=O) groups is 2. The minimum atomic E-state index is -3.96. The number of ketones is 1. The van der Waals surface area contributed by atoms with Crippen molar-refractivity contribution in [2.75, 3.05) is 5.75 Å². The number of carbonyl (C=O) groups excluding carboxylic acids is 2. The van der Waals surface area contributed by atoms with Crippen molar-refractivity contribution < 1.29 is 22.7 Å². The highest BCUT2D eigenvalue weighted by molar-refractivity contribution is 7.99. The van der Waals surface area contributed by atoms with Gasteiger partial charge in [0.2, 0.25) is 0 Å². The van der Waals surface area contributed by atoms with Crippen LogP contribution in [0.4, 0.5) is 4.79 Å². The number of rotatable bonds is 5. The number of ether oxygens (including phenoxy) is 1. The summed E-state index contributed by atoms with van der Waals surface area (Å²) in [4.78, 5) is 33.3. The first-order chi connectivity index (χ1) is 18.1. The number of benzene rings is 2. The Bertz CT molecular complexity index is 1600. The lowest BCUT2D eigenvalue weighted by Crippen LogP contribution is -2.45. The molecule has 1 saturated heterocycles. The SMILES string of the molecule is CC(C)(C)OC(=O)N1C(C(=O)c2cn(S(=O)(=O)c3ccccc3)c3ccccc23)CSC1c1cccnc1. The van der Waals surface area contributed by atoms with Gasteiger partial charge < -0.3 is 4.74 Å². The Kier molecular flexibility index (Phi) is 6.79. The smallest absolute Gasteiger partial charge is 0.412 e. The van der Waals surface area contributed by atoms with E-state index < -0.39 is 33.1 Å². The minimum Gasteiger partial charge on any atom is -0.444 e. The minimum absolute atomic E-state index is 0.114. The van der Waals surface area contributed by atoms with E-state index in [0.29, 0.717) is 16.7 Å². The fraction of sp³-hybridized carbons (Fsp3) is 0.250. The first-order valence-electron chi connectivity index (χ1n) is 12.1. The second-order valence-corrected chi connectivity index (χ2v) is 12.8. The zero-order valence-electron chi connectivity index (χ0n) is 21.1. The maximum absolute atomic E-state index is 14.1. The number of amides is 1. The van der Waals surface area contributed by atoms with Crippen molar-refractivity contribution in [2.24, 2.45) is 0 Å². The first-order valence-corrected chi connectivity index (χ1v) is 14.5. The zero-order valence-corrected chi connectivity index (χ0v) is 22.8. The van der Waals surface area contributed by atoms with Gasteiger partial charge in [-0.3, -0.25) is 14.7 Å². The van der Waals surface area contributed by atoms with Crippen LogP contribution in [0.1, 0.15) is 42.1 Å². The third-order valence-electron chi connectivity index (χ3n) is 6.12. The lowest BCUT2D eigenvalue weighted by atomic mass is 10.0. The number of hydrogen-bond acceptors (Lipinski definition) is 7. The molecule has 2 aromatic carbocycles. The van der Waals surface area contributed by atoms with Crippen molar-refractivity contribution in [3.63, 3.8) is 0 Å². The molecule has 38 heavy (non-hydrogen) atoms. The van der Waals surface area contributed by atoms with Crippen molar-refractivity contribution >= 4 is 44.6 Å². The van der Waals surface area contributed by atoms with Crippen molar-refractivity contribution in [3.8, 4) is 0 Å². The van der Waals surface area contributed by atoms with E-state index in [2.05, 4.69) is 4.98 Å². The fourth-order valence-electron chi connectivity index (χ4n) is 4.46. The van der Waals surface area contributed by atoms with Gasteiger partial charge in [-0.2, -0.15) is 0 Å². The van der Waals surface area contributed by atoms with Crippen LogP contribution in [0, 0.1) is 0 Å². The van der Waals surface area contributed by atoms with Gasteiger partial charge in [0.15, 0.2) is 5.78 Å². The third kappa shape index (κ3) is 4.81. The highest BCUT2D eigenvalue weighted by Gasteiger charge is 2.45. The van der Waals surface area contributed by atoms with Crippen LogP contribution < -0.4 is 0 Å². The van der Waals surface area contributed by atoms with Crippen LogP contribution in [0.2, 0.25) is 0 Å². The normalized spacial score (nSPS) is 18.0. The molecule has 0 N–H and O–H groups in total. The van der Waals surface area contributed by atoms with Crippen LogP contribution in [0.25, 0.3) is 10.9 Å². The number of thioether (sulfide) groups is 1. The van der Waals surface area contributed by atoms with Gasteiger partial charge in [-0.05, 0) is 45.0 Å². The fourth-order valence-corrected chi connectivity index (χ4v) is 7.25. The molecule has 5 rings (SSSR count). The highest BCUT2D eigenvalue weighted by Crippen LogP contribution is 2.43. The molecule has 4 aromatic rings. The summed E-state index contributed by atoms with van der Waals surface area (Å²) >= 11 is 1.44. The number of aromatic nitrogens is 2. The van der Waals surface area contributed by atoms with E-state index in [-0.39, 0.29) is 16.2 Å². The number of Topliss-reactive ketones (excluding diaryl/α,β-unsaturated/α-hetero) is 1. The van der Waals surface area contributed by atoms with Gasteiger partial charge >= 0.3 is 6.09 Å². The Labute approximate surface area is 225 Å². The quantitative estimate of drug-likeness (QED) is 0.303. The van der Waals surface area contributed by atoms with Gasteiger partial charge in [0.25, 0.3) is 10.0 Å². The van der Waals surface area contributed by atoms with Crippen molar-refractivity contribution in [2.45, 2.75) is 42.7 Å². The molecule has 1 amide bonds. The molecule has 0 spiro atoms. The lowest BCUT2D eigenvalue weighted by Gasteiger charge is -2.31. The summed E-state index contributed by atoms with van der Waals surface area (Å²) in [6.45, 7) is 5.31. The van der Waals surface area contributed by atoms with Crippen molar-refractivity contribution in [1.82, 2.24) is 13.9 Å². The van der Waals surface area contributed by atoms with Crippen LogP contribution in [-0.2, 0) is 14.8 Å².